The third kappa shape index (κ3) is 5.65. The van der Waals surface area contributed by atoms with Gasteiger partial charge in [0.2, 0.25) is 0 Å². The molecule has 2 aliphatic heterocycles. The topological polar surface area (TPSA) is 74.5 Å². The van der Waals surface area contributed by atoms with Crippen LogP contribution < -0.4 is 5.32 Å². The van der Waals surface area contributed by atoms with E-state index in [1.165, 1.54) is 11.3 Å². The van der Waals surface area contributed by atoms with E-state index >= 15 is 0 Å². The lowest BCUT2D eigenvalue weighted by molar-refractivity contribution is -0.368. The maximum absolute atomic E-state index is 12.8. The number of thiophene rings is 1. The van der Waals surface area contributed by atoms with Gasteiger partial charge < -0.3 is 10.1 Å². The normalized spacial score (nSPS) is 19.7. The number of ether oxygens (including phenoxy) is 1. The van der Waals surface area contributed by atoms with Crippen molar-refractivity contribution in [2.75, 3.05) is 19.7 Å². The van der Waals surface area contributed by atoms with Crippen LogP contribution in [0.15, 0.2) is 42.7 Å². The average molecular weight is 564 g/mol. The van der Waals surface area contributed by atoms with Gasteiger partial charge in [0, 0.05) is 41.2 Å². The zero-order valence-electron chi connectivity index (χ0n) is 20.2. The lowest BCUT2D eigenvalue weighted by Gasteiger charge is -2.25. The summed E-state index contributed by atoms with van der Waals surface area (Å²) in [5.41, 5.74) is 4.59. The first-order valence-electron chi connectivity index (χ1n) is 11.8. The molecule has 0 bridgehead atoms. The van der Waals surface area contributed by atoms with Crippen molar-refractivity contribution in [1.29, 1.82) is 0 Å². The molecule has 4 heterocycles. The third-order valence-corrected chi connectivity index (χ3v) is 7.68. The van der Waals surface area contributed by atoms with Crippen LogP contribution in [0.25, 0.3) is 21.3 Å². The molecule has 3 aromatic rings. The second-order valence-electron chi connectivity index (χ2n) is 9.04. The number of halogens is 4. The molecule has 2 aliphatic rings. The number of carbonyl (C=O) groups excluding carboxylic acids is 2. The fraction of sp³-hybridized carbons (Fsp3) is 0.308. The highest BCUT2D eigenvalue weighted by atomic mass is 35.5. The SMILES string of the molecule is Cc1cc(Cl)cc(-c2ccnc3cc(CN4C(=O)C=C/[N+](=C\C(F)(F)F)C4=O)sc23)c1CC1CNCCO1. The number of alkyl halides is 3. The molecule has 0 spiro atoms. The van der Waals surface area contributed by atoms with E-state index in [1.54, 1.807) is 12.3 Å². The molecule has 1 saturated heterocycles. The number of hydrogen-bond acceptors (Lipinski definition) is 6. The van der Waals surface area contributed by atoms with Crippen molar-refractivity contribution in [3.05, 3.63) is 63.8 Å². The van der Waals surface area contributed by atoms with Gasteiger partial charge >= 0.3 is 18.1 Å². The van der Waals surface area contributed by atoms with Gasteiger partial charge in [0.15, 0.2) is 6.21 Å². The summed E-state index contributed by atoms with van der Waals surface area (Å²) in [7, 11) is 0. The average Bonchev–Trinajstić information content (AvgIpc) is 3.28. The number of rotatable bonds is 5. The predicted molar refractivity (Wildman–Crippen MR) is 139 cm³/mol. The molecule has 0 radical (unpaired) electrons. The number of aromatic nitrogens is 1. The number of imide groups is 1. The van der Waals surface area contributed by atoms with Crippen molar-refractivity contribution in [1.82, 2.24) is 15.2 Å². The third-order valence-electron chi connectivity index (χ3n) is 6.32. The number of carbonyl (C=O) groups is 2. The van der Waals surface area contributed by atoms with E-state index in [1.807, 2.05) is 25.1 Å². The number of hydrogen-bond donors (Lipinski definition) is 1. The van der Waals surface area contributed by atoms with Crippen LogP contribution >= 0.6 is 22.9 Å². The Kier molecular flexibility index (Phi) is 7.36. The summed E-state index contributed by atoms with van der Waals surface area (Å²) in [5, 5.41) is 3.93. The van der Waals surface area contributed by atoms with Crippen molar-refractivity contribution in [3.8, 4) is 11.1 Å². The number of amides is 3. The molecule has 198 valence electrons. The number of nitrogens with zero attached hydrogens (tertiary/aromatic N) is 3. The lowest BCUT2D eigenvalue weighted by Crippen LogP contribution is -2.43. The van der Waals surface area contributed by atoms with Gasteiger partial charge in [-0.3, -0.25) is 4.98 Å². The van der Waals surface area contributed by atoms with E-state index < -0.39 is 18.1 Å². The van der Waals surface area contributed by atoms with Gasteiger partial charge in [-0.25, -0.2) is 4.79 Å². The molecule has 5 rings (SSSR count). The number of aryl methyl sites for hydroxylation is 1. The highest BCUT2D eigenvalue weighted by Crippen LogP contribution is 2.38. The number of fused-ring (bicyclic) bond motifs is 1. The van der Waals surface area contributed by atoms with Crippen molar-refractivity contribution >= 4 is 51.3 Å². The molecule has 1 aromatic carbocycles. The zero-order chi connectivity index (χ0) is 27.0. The number of nitrogens with one attached hydrogen (secondary N) is 1. The molecule has 1 unspecified atom stereocenters. The van der Waals surface area contributed by atoms with Crippen molar-refractivity contribution in [2.45, 2.75) is 32.2 Å². The highest BCUT2D eigenvalue weighted by molar-refractivity contribution is 7.19. The summed E-state index contributed by atoms with van der Waals surface area (Å²) >= 11 is 7.79. The Morgan fingerprint density at radius 3 is 2.84 bits per heavy atom. The standard InChI is InChI=1S/C26H23ClF3N4O3S/c1-15-8-16(27)9-21(20(15)10-17-12-31-5-7-37-17)19-2-4-32-22-11-18(38-24(19)22)13-34-23(35)3-6-33(25(34)36)14-26(28,29)30/h2-4,6,8-9,11,14,17,31H,5,7,10,12-13H2,1H3/q+1/b33-14+. The second kappa shape index (κ2) is 10.6. The maximum atomic E-state index is 12.8. The van der Waals surface area contributed by atoms with Gasteiger partial charge in [-0.05, 0) is 47.9 Å². The zero-order valence-corrected chi connectivity index (χ0v) is 21.8. The van der Waals surface area contributed by atoms with Gasteiger partial charge in [0.1, 0.15) is 12.7 Å². The fourth-order valence-corrected chi connectivity index (χ4v) is 6.03. The Balaban J connectivity index is 1.51. The minimum absolute atomic E-state index is 0.0132. The predicted octanol–water partition coefficient (Wildman–Crippen LogP) is 5.08. The molecule has 12 heteroatoms. The first kappa shape index (κ1) is 26.5. The van der Waals surface area contributed by atoms with Gasteiger partial charge in [0.25, 0.3) is 0 Å². The van der Waals surface area contributed by atoms with Gasteiger partial charge in [-0.1, -0.05) is 11.6 Å². The summed E-state index contributed by atoms with van der Waals surface area (Å²) in [6.07, 6.45) is -0.774. The largest absolute Gasteiger partial charge is 0.506 e. The molecule has 0 saturated carbocycles. The summed E-state index contributed by atoms with van der Waals surface area (Å²) in [5.74, 6) is -0.693. The van der Waals surface area contributed by atoms with E-state index in [4.69, 9.17) is 16.3 Å². The Morgan fingerprint density at radius 1 is 1.29 bits per heavy atom. The number of urea groups is 1. The molecule has 38 heavy (non-hydrogen) atoms. The molecule has 7 nitrogen and oxygen atoms in total. The van der Waals surface area contributed by atoms with Crippen LogP contribution in [0.5, 0.6) is 0 Å². The quantitative estimate of drug-likeness (QED) is 0.438. The van der Waals surface area contributed by atoms with Crippen LogP contribution in [0.2, 0.25) is 5.02 Å². The number of morpholine rings is 1. The molecular weight excluding hydrogens is 541 g/mol. The summed E-state index contributed by atoms with van der Waals surface area (Å²) < 4.78 is 45.6. The Bertz CT molecular complexity index is 1480. The second-order valence-corrected chi connectivity index (χ2v) is 10.6. The van der Waals surface area contributed by atoms with E-state index in [0.29, 0.717) is 33.0 Å². The van der Waals surface area contributed by atoms with Crippen molar-refractivity contribution < 1.29 is 32.1 Å². The monoisotopic (exact) mass is 563 g/mol. The smallest absolute Gasteiger partial charge is 0.375 e. The van der Waals surface area contributed by atoms with Gasteiger partial charge in [0.05, 0.1) is 29.0 Å². The highest BCUT2D eigenvalue weighted by Gasteiger charge is 2.39. The lowest BCUT2D eigenvalue weighted by atomic mass is 9.92. The molecular formula is C26H23ClF3N4O3S+. The molecule has 1 atom stereocenters. The molecule has 1 N–H and O–H groups in total. The van der Waals surface area contributed by atoms with E-state index in [9.17, 15) is 22.8 Å². The first-order valence-corrected chi connectivity index (χ1v) is 13.0. The molecule has 3 amide bonds. The first-order chi connectivity index (χ1) is 18.1. The van der Waals surface area contributed by atoms with Crippen LogP contribution in [0.3, 0.4) is 0 Å². The molecule has 1 fully saturated rings. The Hall–Kier alpha value is -3.12. The van der Waals surface area contributed by atoms with Crippen molar-refractivity contribution in [2.24, 2.45) is 0 Å². The Morgan fingerprint density at radius 2 is 2.11 bits per heavy atom. The van der Waals surface area contributed by atoms with E-state index in [0.717, 1.165) is 57.2 Å². The summed E-state index contributed by atoms with van der Waals surface area (Å²) in [6, 6.07) is 6.37. The van der Waals surface area contributed by atoms with E-state index in [-0.39, 0.29) is 18.9 Å². The summed E-state index contributed by atoms with van der Waals surface area (Å²) in [6.45, 7) is 4.01. The van der Waals surface area contributed by atoms with E-state index in [2.05, 4.69) is 10.3 Å². The minimum Gasteiger partial charge on any atom is -0.375 e. The van der Waals surface area contributed by atoms with Crippen LogP contribution in [-0.4, -0.2) is 64.6 Å². The van der Waals surface area contributed by atoms with Crippen LogP contribution in [0.1, 0.15) is 16.0 Å². The molecule has 0 aliphatic carbocycles. The molecule has 2 aromatic heterocycles. The van der Waals surface area contributed by atoms with Crippen LogP contribution in [0.4, 0.5) is 18.0 Å². The number of pyridine rings is 1. The maximum Gasteiger partial charge on any atom is 0.506 e. The minimum atomic E-state index is -4.71. The van der Waals surface area contributed by atoms with Gasteiger partial charge in [-0.2, -0.15) is 27.4 Å². The van der Waals surface area contributed by atoms with Crippen molar-refractivity contribution in [3.63, 3.8) is 0 Å². The number of benzene rings is 1. The fourth-order valence-electron chi connectivity index (χ4n) is 4.63. The van der Waals surface area contributed by atoms with Gasteiger partial charge in [-0.15, -0.1) is 11.3 Å². The Labute approximate surface area is 225 Å². The van der Waals surface area contributed by atoms with Crippen LogP contribution in [-0.2, 0) is 22.5 Å². The van der Waals surface area contributed by atoms with Crippen LogP contribution in [0, 0.1) is 6.92 Å². The summed E-state index contributed by atoms with van der Waals surface area (Å²) in [4.78, 5) is 30.8.